The summed E-state index contributed by atoms with van der Waals surface area (Å²) in [7, 11) is 0. The number of fused-ring (bicyclic) bond motifs is 1. The fourth-order valence-corrected chi connectivity index (χ4v) is 2.60. The van der Waals surface area contributed by atoms with Crippen LogP contribution in [0.15, 0.2) is 28.4 Å². The van der Waals surface area contributed by atoms with Crippen molar-refractivity contribution in [3.63, 3.8) is 0 Å². The minimum atomic E-state index is -0.197. The number of halogens is 1. The van der Waals surface area contributed by atoms with E-state index in [1.807, 2.05) is 23.6 Å². The third-order valence-electron chi connectivity index (χ3n) is 2.48. The summed E-state index contributed by atoms with van der Waals surface area (Å²) in [6.07, 6.45) is 0. The molecule has 0 unspecified atom stereocenters. The van der Waals surface area contributed by atoms with Gasteiger partial charge in [0, 0.05) is 10.9 Å². The molecule has 0 aliphatic heterocycles. The monoisotopic (exact) mass is 265 g/mol. The van der Waals surface area contributed by atoms with E-state index in [1.165, 1.54) is 11.3 Å². The van der Waals surface area contributed by atoms with Crippen molar-refractivity contribution in [1.29, 1.82) is 0 Å². The first-order valence-corrected chi connectivity index (χ1v) is 6.40. The van der Waals surface area contributed by atoms with E-state index in [0.717, 1.165) is 27.3 Å². The minimum Gasteiger partial charge on any atom is -0.306 e. The SMILES string of the molecule is O=c1[nH]c2ccc(-c3csc(CCl)n3)cc2[nH]1. The highest BCUT2D eigenvalue weighted by Crippen LogP contribution is 2.24. The van der Waals surface area contributed by atoms with E-state index in [2.05, 4.69) is 15.0 Å². The Morgan fingerprint density at radius 1 is 1.29 bits per heavy atom. The lowest BCUT2D eigenvalue weighted by molar-refractivity contribution is 1.21. The molecule has 1 aromatic carbocycles. The van der Waals surface area contributed by atoms with E-state index >= 15 is 0 Å². The van der Waals surface area contributed by atoms with Crippen LogP contribution in [-0.2, 0) is 5.88 Å². The first-order valence-electron chi connectivity index (χ1n) is 4.99. The summed E-state index contributed by atoms with van der Waals surface area (Å²) in [5, 5.41) is 2.85. The van der Waals surface area contributed by atoms with Gasteiger partial charge in [-0.1, -0.05) is 6.07 Å². The highest BCUT2D eigenvalue weighted by atomic mass is 35.5. The van der Waals surface area contributed by atoms with Gasteiger partial charge in [0.05, 0.1) is 22.6 Å². The molecule has 0 spiro atoms. The van der Waals surface area contributed by atoms with Gasteiger partial charge >= 0.3 is 5.69 Å². The van der Waals surface area contributed by atoms with Crippen molar-refractivity contribution in [2.45, 2.75) is 5.88 Å². The van der Waals surface area contributed by atoms with Gasteiger partial charge in [-0.05, 0) is 12.1 Å². The van der Waals surface area contributed by atoms with Crippen LogP contribution in [0.2, 0.25) is 0 Å². The maximum Gasteiger partial charge on any atom is 0.323 e. The Bertz CT molecular complexity index is 727. The van der Waals surface area contributed by atoms with E-state index < -0.39 is 0 Å². The third kappa shape index (κ3) is 1.87. The molecule has 0 saturated carbocycles. The molecule has 3 aromatic rings. The van der Waals surface area contributed by atoms with Crippen molar-refractivity contribution in [2.75, 3.05) is 0 Å². The van der Waals surface area contributed by atoms with Gasteiger partial charge in [-0.15, -0.1) is 22.9 Å². The van der Waals surface area contributed by atoms with Crippen LogP contribution in [0, 0.1) is 0 Å². The fourth-order valence-electron chi connectivity index (χ4n) is 1.70. The molecule has 4 nitrogen and oxygen atoms in total. The van der Waals surface area contributed by atoms with Gasteiger partial charge in [0.2, 0.25) is 0 Å². The topological polar surface area (TPSA) is 61.5 Å². The van der Waals surface area contributed by atoms with Crippen molar-refractivity contribution >= 4 is 34.0 Å². The molecule has 0 radical (unpaired) electrons. The van der Waals surface area contributed by atoms with Crippen LogP contribution in [0.4, 0.5) is 0 Å². The van der Waals surface area contributed by atoms with Gasteiger partial charge in [0.1, 0.15) is 5.01 Å². The molecule has 0 atom stereocenters. The molecule has 17 heavy (non-hydrogen) atoms. The lowest BCUT2D eigenvalue weighted by atomic mass is 10.1. The Morgan fingerprint density at radius 3 is 2.88 bits per heavy atom. The van der Waals surface area contributed by atoms with E-state index in [0.29, 0.717) is 5.88 Å². The molecule has 86 valence electrons. The molecule has 0 saturated heterocycles. The lowest BCUT2D eigenvalue weighted by Gasteiger charge is -1.96. The summed E-state index contributed by atoms with van der Waals surface area (Å²) in [4.78, 5) is 21.0. The summed E-state index contributed by atoms with van der Waals surface area (Å²) in [5.41, 5.74) is 3.24. The standard InChI is InChI=1S/C11H8ClN3OS/c12-4-10-13-9(5-17-10)6-1-2-7-8(3-6)15-11(16)14-7/h1-3,5H,4H2,(H2,14,15,16). The first kappa shape index (κ1) is 10.6. The molecule has 2 heterocycles. The Kier molecular flexibility index (Phi) is 2.49. The molecule has 0 bridgehead atoms. The number of thiazole rings is 1. The van der Waals surface area contributed by atoms with Crippen LogP contribution in [0.5, 0.6) is 0 Å². The van der Waals surface area contributed by atoms with Crippen LogP contribution in [0.25, 0.3) is 22.3 Å². The first-order chi connectivity index (χ1) is 8.26. The predicted octanol–water partition coefficient (Wildman–Crippen LogP) is 2.72. The van der Waals surface area contributed by atoms with Crippen LogP contribution >= 0.6 is 22.9 Å². The predicted molar refractivity (Wildman–Crippen MR) is 69.6 cm³/mol. The zero-order valence-corrected chi connectivity index (χ0v) is 10.2. The Morgan fingerprint density at radius 2 is 2.12 bits per heavy atom. The summed E-state index contributed by atoms with van der Waals surface area (Å²) in [5.74, 6) is 0.425. The van der Waals surface area contributed by atoms with Crippen molar-refractivity contribution in [1.82, 2.24) is 15.0 Å². The Hall–Kier alpha value is -1.59. The average molecular weight is 266 g/mol. The third-order valence-corrected chi connectivity index (χ3v) is 3.74. The largest absolute Gasteiger partial charge is 0.323 e. The molecule has 0 aliphatic rings. The number of hydrogen-bond donors (Lipinski definition) is 2. The molecule has 0 amide bonds. The zero-order chi connectivity index (χ0) is 11.8. The smallest absolute Gasteiger partial charge is 0.306 e. The second-order valence-electron chi connectivity index (χ2n) is 3.60. The van der Waals surface area contributed by atoms with Crippen molar-refractivity contribution in [2.24, 2.45) is 0 Å². The maximum absolute atomic E-state index is 11.1. The van der Waals surface area contributed by atoms with Gasteiger partial charge in [0.25, 0.3) is 0 Å². The van der Waals surface area contributed by atoms with E-state index in [-0.39, 0.29) is 5.69 Å². The summed E-state index contributed by atoms with van der Waals surface area (Å²) in [6.45, 7) is 0. The van der Waals surface area contributed by atoms with E-state index in [1.54, 1.807) is 0 Å². The number of H-pyrrole nitrogens is 2. The van der Waals surface area contributed by atoms with Crippen LogP contribution in [0.1, 0.15) is 5.01 Å². The molecule has 2 N–H and O–H groups in total. The molecule has 2 aromatic heterocycles. The molecule has 3 rings (SSSR count). The second kappa shape index (κ2) is 4.01. The van der Waals surface area contributed by atoms with Gasteiger partial charge in [0.15, 0.2) is 0 Å². The molecular formula is C11H8ClN3OS. The Labute approximate surface area is 105 Å². The molecule has 0 fully saturated rings. The second-order valence-corrected chi connectivity index (χ2v) is 4.81. The van der Waals surface area contributed by atoms with E-state index in [9.17, 15) is 4.79 Å². The highest BCUT2D eigenvalue weighted by Gasteiger charge is 2.06. The normalized spacial score (nSPS) is 11.1. The lowest BCUT2D eigenvalue weighted by Crippen LogP contribution is -1.99. The van der Waals surface area contributed by atoms with Gasteiger partial charge in [-0.2, -0.15) is 0 Å². The fraction of sp³-hybridized carbons (Fsp3) is 0.0909. The number of nitrogens with zero attached hydrogens (tertiary/aromatic N) is 1. The quantitative estimate of drug-likeness (QED) is 0.700. The number of aromatic nitrogens is 3. The van der Waals surface area contributed by atoms with Crippen molar-refractivity contribution in [3.8, 4) is 11.3 Å². The number of aromatic amines is 2. The van der Waals surface area contributed by atoms with Crippen LogP contribution < -0.4 is 5.69 Å². The van der Waals surface area contributed by atoms with E-state index in [4.69, 9.17) is 11.6 Å². The maximum atomic E-state index is 11.1. The number of rotatable bonds is 2. The Balaban J connectivity index is 2.13. The minimum absolute atomic E-state index is 0.197. The summed E-state index contributed by atoms with van der Waals surface area (Å²) in [6, 6.07) is 5.70. The van der Waals surface area contributed by atoms with Gasteiger partial charge in [-0.25, -0.2) is 9.78 Å². The number of nitrogens with one attached hydrogen (secondary N) is 2. The molecule has 0 aliphatic carbocycles. The average Bonchev–Trinajstić information content (AvgIpc) is 2.92. The van der Waals surface area contributed by atoms with Crippen LogP contribution in [0.3, 0.4) is 0 Å². The van der Waals surface area contributed by atoms with Gasteiger partial charge < -0.3 is 9.97 Å². The number of alkyl halides is 1. The molecular weight excluding hydrogens is 258 g/mol. The van der Waals surface area contributed by atoms with Crippen molar-refractivity contribution < 1.29 is 0 Å². The summed E-state index contributed by atoms with van der Waals surface area (Å²) < 4.78 is 0. The highest BCUT2D eigenvalue weighted by molar-refractivity contribution is 7.10. The summed E-state index contributed by atoms with van der Waals surface area (Å²) >= 11 is 7.25. The van der Waals surface area contributed by atoms with Crippen LogP contribution in [-0.4, -0.2) is 15.0 Å². The van der Waals surface area contributed by atoms with Crippen molar-refractivity contribution in [3.05, 3.63) is 39.1 Å². The number of imidazole rings is 1. The molecule has 6 heteroatoms. The number of benzene rings is 1. The van der Waals surface area contributed by atoms with Gasteiger partial charge in [-0.3, -0.25) is 0 Å². The zero-order valence-electron chi connectivity index (χ0n) is 8.66. The number of hydrogen-bond acceptors (Lipinski definition) is 3.